The third kappa shape index (κ3) is 6.49. The van der Waals surface area contributed by atoms with E-state index in [4.69, 9.17) is 9.84 Å². The van der Waals surface area contributed by atoms with Gasteiger partial charge in [-0.05, 0) is 56.7 Å². The summed E-state index contributed by atoms with van der Waals surface area (Å²) >= 11 is 0. The Bertz CT molecular complexity index is 902. The number of hydrogen-bond donors (Lipinski definition) is 3. The first-order chi connectivity index (χ1) is 13.8. The number of amides is 2. The van der Waals surface area contributed by atoms with Crippen molar-refractivity contribution in [1.29, 1.82) is 0 Å². The molecule has 0 aromatic heterocycles. The summed E-state index contributed by atoms with van der Waals surface area (Å²) in [6, 6.07) is 12.7. The van der Waals surface area contributed by atoms with Crippen LogP contribution in [0.15, 0.2) is 54.2 Å². The number of carboxylic acids is 1. The van der Waals surface area contributed by atoms with E-state index in [2.05, 4.69) is 10.6 Å². The molecule has 7 nitrogen and oxygen atoms in total. The molecular weight excluding hydrogens is 372 g/mol. The number of benzene rings is 2. The van der Waals surface area contributed by atoms with Crippen molar-refractivity contribution in [2.75, 3.05) is 6.61 Å². The minimum atomic E-state index is -1.18. The van der Waals surface area contributed by atoms with E-state index in [9.17, 15) is 14.4 Å². The van der Waals surface area contributed by atoms with Crippen molar-refractivity contribution in [3.8, 4) is 5.75 Å². The number of carbonyl (C=O) groups is 3. The minimum absolute atomic E-state index is 0.0622. The molecule has 152 valence electrons. The Labute approximate surface area is 169 Å². The molecule has 0 heterocycles. The van der Waals surface area contributed by atoms with Crippen LogP contribution in [0.2, 0.25) is 0 Å². The van der Waals surface area contributed by atoms with Crippen molar-refractivity contribution in [2.24, 2.45) is 0 Å². The highest BCUT2D eigenvalue weighted by Gasteiger charge is 2.19. The zero-order valence-corrected chi connectivity index (χ0v) is 16.6. The number of aryl methyl sites for hydroxylation is 1. The van der Waals surface area contributed by atoms with E-state index in [1.54, 1.807) is 48.5 Å². The second-order valence-electron chi connectivity index (χ2n) is 6.41. The Hall–Kier alpha value is -3.61. The molecule has 0 bridgehead atoms. The topological polar surface area (TPSA) is 105 Å². The van der Waals surface area contributed by atoms with Crippen LogP contribution in [0, 0.1) is 6.92 Å². The molecule has 2 amide bonds. The first-order valence-electron chi connectivity index (χ1n) is 9.16. The van der Waals surface area contributed by atoms with Crippen molar-refractivity contribution < 1.29 is 24.2 Å². The van der Waals surface area contributed by atoms with Gasteiger partial charge in [-0.1, -0.05) is 29.8 Å². The maximum absolute atomic E-state index is 12.6. The molecular formula is C22H24N2O5. The third-order valence-electron chi connectivity index (χ3n) is 4.03. The number of aliphatic carboxylic acids is 1. The molecule has 0 saturated carbocycles. The Morgan fingerprint density at radius 2 is 1.69 bits per heavy atom. The molecule has 0 unspecified atom stereocenters. The van der Waals surface area contributed by atoms with Crippen molar-refractivity contribution >= 4 is 23.9 Å². The molecule has 0 aliphatic carbocycles. The maximum atomic E-state index is 12.6. The normalized spacial score (nSPS) is 12.0. The summed E-state index contributed by atoms with van der Waals surface area (Å²) in [6.45, 7) is 5.65. The molecule has 2 rings (SSSR count). The summed E-state index contributed by atoms with van der Waals surface area (Å²) in [5.74, 6) is -1.67. The lowest BCUT2D eigenvalue weighted by atomic mass is 10.1. The number of nitrogens with one attached hydrogen (secondary N) is 2. The molecule has 3 N–H and O–H groups in total. The van der Waals surface area contributed by atoms with Crippen LogP contribution in [-0.4, -0.2) is 35.5 Å². The molecule has 7 heteroatoms. The van der Waals surface area contributed by atoms with E-state index >= 15 is 0 Å². The number of carbonyl (C=O) groups excluding carboxylic acids is 2. The smallest absolute Gasteiger partial charge is 0.325 e. The van der Waals surface area contributed by atoms with Gasteiger partial charge in [0.2, 0.25) is 0 Å². The first kappa shape index (κ1) is 21.7. The van der Waals surface area contributed by atoms with Crippen molar-refractivity contribution in [3.63, 3.8) is 0 Å². The van der Waals surface area contributed by atoms with Gasteiger partial charge in [0.25, 0.3) is 11.8 Å². The van der Waals surface area contributed by atoms with Gasteiger partial charge in [0, 0.05) is 5.56 Å². The average Bonchev–Trinajstić information content (AvgIpc) is 2.69. The predicted octanol–water partition coefficient (Wildman–Crippen LogP) is 2.75. The minimum Gasteiger partial charge on any atom is -0.494 e. The maximum Gasteiger partial charge on any atom is 0.325 e. The Morgan fingerprint density at radius 3 is 2.24 bits per heavy atom. The summed E-state index contributed by atoms with van der Waals surface area (Å²) in [5.41, 5.74) is 1.96. The van der Waals surface area contributed by atoms with Crippen LogP contribution >= 0.6 is 0 Å². The lowest BCUT2D eigenvalue weighted by Crippen LogP contribution is -2.42. The van der Waals surface area contributed by atoms with Gasteiger partial charge in [-0.2, -0.15) is 0 Å². The number of carboxylic acid groups (broad SMARTS) is 1. The molecule has 0 spiro atoms. The summed E-state index contributed by atoms with van der Waals surface area (Å²) < 4.78 is 5.39. The molecule has 1 atom stereocenters. The molecule has 0 radical (unpaired) electrons. The largest absolute Gasteiger partial charge is 0.494 e. The lowest BCUT2D eigenvalue weighted by molar-refractivity contribution is -0.140. The summed E-state index contributed by atoms with van der Waals surface area (Å²) in [4.78, 5) is 36.2. The number of rotatable bonds is 8. The van der Waals surface area contributed by atoms with E-state index in [-0.39, 0.29) is 5.70 Å². The van der Waals surface area contributed by atoms with Gasteiger partial charge in [-0.3, -0.25) is 14.4 Å². The fourth-order valence-corrected chi connectivity index (χ4v) is 2.39. The van der Waals surface area contributed by atoms with Crippen LogP contribution in [0.3, 0.4) is 0 Å². The average molecular weight is 396 g/mol. The zero-order chi connectivity index (χ0) is 21.4. The van der Waals surface area contributed by atoms with Crippen LogP contribution in [-0.2, 0) is 9.59 Å². The number of hydrogen-bond acceptors (Lipinski definition) is 4. The van der Waals surface area contributed by atoms with Crippen LogP contribution in [0.25, 0.3) is 6.08 Å². The Balaban J connectivity index is 2.28. The highest BCUT2D eigenvalue weighted by atomic mass is 16.5. The Kier molecular flexibility index (Phi) is 7.54. The van der Waals surface area contributed by atoms with E-state index in [1.165, 1.54) is 13.0 Å². The van der Waals surface area contributed by atoms with Gasteiger partial charge in [0.05, 0.1) is 6.61 Å². The summed E-state index contributed by atoms with van der Waals surface area (Å²) in [6.07, 6.45) is 1.48. The molecule has 0 saturated heterocycles. The molecule has 29 heavy (non-hydrogen) atoms. The third-order valence-corrected chi connectivity index (χ3v) is 4.03. The fourth-order valence-electron chi connectivity index (χ4n) is 2.39. The van der Waals surface area contributed by atoms with Gasteiger partial charge in [0.1, 0.15) is 17.5 Å². The second-order valence-corrected chi connectivity index (χ2v) is 6.41. The van der Waals surface area contributed by atoms with Gasteiger partial charge in [0.15, 0.2) is 0 Å². The van der Waals surface area contributed by atoms with Crippen molar-refractivity contribution in [2.45, 2.75) is 26.8 Å². The molecule has 0 aliphatic rings. The van der Waals surface area contributed by atoms with Crippen LogP contribution in [0.5, 0.6) is 5.75 Å². The highest BCUT2D eigenvalue weighted by molar-refractivity contribution is 6.06. The first-order valence-corrected chi connectivity index (χ1v) is 9.16. The summed E-state index contributed by atoms with van der Waals surface area (Å²) in [7, 11) is 0. The monoisotopic (exact) mass is 396 g/mol. The quantitative estimate of drug-likeness (QED) is 0.595. The van der Waals surface area contributed by atoms with E-state index < -0.39 is 23.8 Å². The highest BCUT2D eigenvalue weighted by Crippen LogP contribution is 2.15. The Morgan fingerprint density at radius 1 is 1.07 bits per heavy atom. The van der Waals surface area contributed by atoms with Crippen LogP contribution in [0.1, 0.15) is 35.3 Å². The molecule has 2 aromatic rings. The van der Waals surface area contributed by atoms with Gasteiger partial charge < -0.3 is 20.5 Å². The molecule has 0 aliphatic heterocycles. The van der Waals surface area contributed by atoms with E-state index in [0.717, 1.165) is 5.56 Å². The van der Waals surface area contributed by atoms with Crippen LogP contribution < -0.4 is 15.4 Å². The number of ether oxygens (including phenoxy) is 1. The predicted molar refractivity (Wildman–Crippen MR) is 109 cm³/mol. The van der Waals surface area contributed by atoms with E-state index in [0.29, 0.717) is 23.5 Å². The van der Waals surface area contributed by atoms with Gasteiger partial charge in [-0.25, -0.2) is 0 Å². The van der Waals surface area contributed by atoms with E-state index in [1.807, 2.05) is 13.8 Å². The van der Waals surface area contributed by atoms with Crippen molar-refractivity contribution in [1.82, 2.24) is 10.6 Å². The molecule has 0 fully saturated rings. The second kappa shape index (κ2) is 10.1. The molecule has 2 aromatic carbocycles. The van der Waals surface area contributed by atoms with Gasteiger partial charge in [-0.15, -0.1) is 0 Å². The lowest BCUT2D eigenvalue weighted by Gasteiger charge is -2.14. The standard InChI is InChI=1S/C22H24N2O5/c1-4-29-18-11-7-16(8-12-18)13-19(21(26)23-15(3)22(27)28)24-20(25)17-9-5-14(2)6-10-17/h5-13,15H,4H2,1-3H3,(H,23,26)(H,24,25)(H,27,28)/b19-13-/t15-/m1/s1. The summed E-state index contributed by atoms with van der Waals surface area (Å²) in [5, 5.41) is 14.0. The van der Waals surface area contributed by atoms with Crippen molar-refractivity contribution in [3.05, 3.63) is 70.9 Å². The zero-order valence-electron chi connectivity index (χ0n) is 16.6. The van der Waals surface area contributed by atoms with Gasteiger partial charge >= 0.3 is 5.97 Å². The fraction of sp³-hybridized carbons (Fsp3) is 0.227. The van der Waals surface area contributed by atoms with Crippen LogP contribution in [0.4, 0.5) is 0 Å². The SMILES string of the molecule is CCOc1ccc(/C=C(\NC(=O)c2ccc(C)cc2)C(=O)N[C@H](C)C(=O)O)cc1.